The molecule has 2 saturated heterocycles. The molecule has 3 heteroatoms. The highest BCUT2D eigenvalue weighted by Crippen LogP contribution is 2.43. The minimum absolute atomic E-state index is 0.330. The van der Waals surface area contributed by atoms with Gasteiger partial charge >= 0.3 is 0 Å². The zero-order valence-corrected chi connectivity index (χ0v) is 11.0. The molecule has 0 aliphatic carbocycles. The summed E-state index contributed by atoms with van der Waals surface area (Å²) in [6.45, 7) is 11.8. The van der Waals surface area contributed by atoms with Crippen LogP contribution in [0.25, 0.3) is 0 Å². The molecule has 1 aromatic heterocycles. The Morgan fingerprint density at radius 1 is 1.12 bits per heavy atom. The van der Waals surface area contributed by atoms with E-state index in [9.17, 15) is 0 Å². The van der Waals surface area contributed by atoms with E-state index in [0.717, 1.165) is 5.82 Å². The second-order valence-electron chi connectivity index (χ2n) is 6.57. The van der Waals surface area contributed by atoms with Gasteiger partial charge in [-0.1, -0.05) is 6.07 Å². The molecule has 0 unspecified atom stereocenters. The molecule has 0 atom stereocenters. The number of hydrogen-bond donors (Lipinski definition) is 0. The van der Waals surface area contributed by atoms with Crippen molar-refractivity contribution in [1.29, 1.82) is 0 Å². The SMILES string of the molecule is CC(C)(C)N1CC2(CN(c3ccccn3)C2)C1. The van der Waals surface area contributed by atoms with Gasteiger partial charge in [-0.05, 0) is 32.9 Å². The lowest BCUT2D eigenvalue weighted by Crippen LogP contribution is -2.75. The Morgan fingerprint density at radius 3 is 2.35 bits per heavy atom. The molecule has 1 aromatic rings. The molecule has 2 aliphatic rings. The Hall–Kier alpha value is -1.09. The van der Waals surface area contributed by atoms with Crippen molar-refractivity contribution < 1.29 is 0 Å². The molecule has 0 radical (unpaired) electrons. The maximum absolute atomic E-state index is 4.40. The fourth-order valence-electron chi connectivity index (χ4n) is 2.90. The summed E-state index contributed by atoms with van der Waals surface area (Å²) in [7, 11) is 0. The van der Waals surface area contributed by atoms with Crippen LogP contribution in [-0.2, 0) is 0 Å². The Kier molecular flexibility index (Phi) is 2.24. The number of likely N-dealkylation sites (tertiary alicyclic amines) is 1. The number of rotatable bonds is 1. The minimum Gasteiger partial charge on any atom is -0.355 e. The molecule has 92 valence electrons. The standard InChI is InChI=1S/C14H21N3/c1-13(2,3)17-10-14(11-17)8-16(9-14)12-6-4-5-7-15-12/h4-7H,8-11H2,1-3H3. The Morgan fingerprint density at radius 2 is 1.82 bits per heavy atom. The largest absolute Gasteiger partial charge is 0.355 e. The molecular formula is C14H21N3. The van der Waals surface area contributed by atoms with Gasteiger partial charge in [0.15, 0.2) is 0 Å². The highest BCUT2D eigenvalue weighted by atomic mass is 15.4. The van der Waals surface area contributed by atoms with Gasteiger partial charge in [0.25, 0.3) is 0 Å². The highest BCUT2D eigenvalue weighted by Gasteiger charge is 2.54. The molecule has 0 saturated carbocycles. The van der Waals surface area contributed by atoms with Crippen molar-refractivity contribution in [3.63, 3.8) is 0 Å². The molecule has 1 spiro atoms. The second kappa shape index (κ2) is 3.45. The van der Waals surface area contributed by atoms with Gasteiger partial charge in [0.05, 0.1) is 0 Å². The van der Waals surface area contributed by atoms with E-state index in [1.54, 1.807) is 0 Å². The summed E-state index contributed by atoms with van der Waals surface area (Å²) in [4.78, 5) is 9.37. The lowest BCUT2D eigenvalue weighted by molar-refractivity contribution is -0.0745. The van der Waals surface area contributed by atoms with Crippen molar-refractivity contribution in [3.05, 3.63) is 24.4 Å². The van der Waals surface area contributed by atoms with E-state index in [2.05, 4.69) is 47.7 Å². The summed E-state index contributed by atoms with van der Waals surface area (Å²) in [6, 6.07) is 6.15. The molecule has 3 rings (SSSR count). The van der Waals surface area contributed by atoms with Crippen molar-refractivity contribution in [1.82, 2.24) is 9.88 Å². The summed E-state index contributed by atoms with van der Waals surface area (Å²) >= 11 is 0. The second-order valence-corrected chi connectivity index (χ2v) is 6.57. The van der Waals surface area contributed by atoms with Crippen molar-refractivity contribution >= 4 is 5.82 Å². The molecule has 3 heterocycles. The van der Waals surface area contributed by atoms with Gasteiger partial charge in [-0.15, -0.1) is 0 Å². The first-order valence-electron chi connectivity index (χ1n) is 6.40. The third-order valence-electron chi connectivity index (χ3n) is 4.03. The van der Waals surface area contributed by atoms with Gasteiger partial charge in [0, 0.05) is 43.3 Å². The predicted octanol–water partition coefficient (Wildman–Crippen LogP) is 2.00. The van der Waals surface area contributed by atoms with Gasteiger partial charge in [-0.2, -0.15) is 0 Å². The van der Waals surface area contributed by atoms with Crippen LogP contribution in [0.3, 0.4) is 0 Å². The highest BCUT2D eigenvalue weighted by molar-refractivity contribution is 5.43. The van der Waals surface area contributed by atoms with Gasteiger partial charge in [-0.25, -0.2) is 4.98 Å². The lowest BCUT2D eigenvalue weighted by Gasteiger charge is -2.63. The van der Waals surface area contributed by atoms with E-state index in [1.165, 1.54) is 26.2 Å². The first-order valence-corrected chi connectivity index (χ1v) is 6.40. The minimum atomic E-state index is 0.330. The lowest BCUT2D eigenvalue weighted by atomic mass is 9.71. The smallest absolute Gasteiger partial charge is 0.128 e. The van der Waals surface area contributed by atoms with Crippen LogP contribution >= 0.6 is 0 Å². The topological polar surface area (TPSA) is 19.4 Å². The monoisotopic (exact) mass is 231 g/mol. The Labute approximate surface area is 103 Å². The van der Waals surface area contributed by atoms with Crippen LogP contribution < -0.4 is 4.90 Å². The van der Waals surface area contributed by atoms with Crippen molar-refractivity contribution in [2.75, 3.05) is 31.1 Å². The third kappa shape index (κ3) is 1.82. The molecule has 0 amide bonds. The maximum Gasteiger partial charge on any atom is 0.128 e. The number of nitrogens with zero attached hydrogens (tertiary/aromatic N) is 3. The van der Waals surface area contributed by atoms with Gasteiger partial charge in [0.2, 0.25) is 0 Å². The van der Waals surface area contributed by atoms with Crippen LogP contribution in [0.1, 0.15) is 20.8 Å². The van der Waals surface area contributed by atoms with Gasteiger partial charge < -0.3 is 4.90 Å². The molecule has 17 heavy (non-hydrogen) atoms. The molecule has 0 bridgehead atoms. The first kappa shape index (κ1) is 11.0. The normalized spacial score (nSPS) is 23.4. The zero-order chi connectivity index (χ0) is 12.1. The number of anilines is 1. The molecular weight excluding hydrogens is 210 g/mol. The Balaban J connectivity index is 1.57. The van der Waals surface area contributed by atoms with Crippen LogP contribution in [0.4, 0.5) is 5.82 Å². The van der Waals surface area contributed by atoms with Gasteiger partial charge in [0.1, 0.15) is 5.82 Å². The van der Waals surface area contributed by atoms with Crippen LogP contribution in [0.5, 0.6) is 0 Å². The third-order valence-corrected chi connectivity index (χ3v) is 4.03. The van der Waals surface area contributed by atoms with E-state index < -0.39 is 0 Å². The average Bonchev–Trinajstić information content (AvgIpc) is 2.12. The summed E-state index contributed by atoms with van der Waals surface area (Å²) in [5, 5.41) is 0. The summed E-state index contributed by atoms with van der Waals surface area (Å²) < 4.78 is 0. The Bertz CT molecular complexity index is 393. The van der Waals surface area contributed by atoms with E-state index >= 15 is 0 Å². The first-order chi connectivity index (χ1) is 7.99. The zero-order valence-electron chi connectivity index (χ0n) is 11.0. The maximum atomic E-state index is 4.40. The fraction of sp³-hybridized carbons (Fsp3) is 0.643. The number of hydrogen-bond acceptors (Lipinski definition) is 3. The fourth-order valence-corrected chi connectivity index (χ4v) is 2.90. The van der Waals surface area contributed by atoms with Crippen LogP contribution in [0.2, 0.25) is 0 Å². The average molecular weight is 231 g/mol. The molecule has 0 aromatic carbocycles. The van der Waals surface area contributed by atoms with E-state index in [0.29, 0.717) is 11.0 Å². The van der Waals surface area contributed by atoms with Crippen molar-refractivity contribution in [2.45, 2.75) is 26.3 Å². The van der Waals surface area contributed by atoms with E-state index in [1.807, 2.05) is 12.3 Å². The van der Waals surface area contributed by atoms with E-state index in [-0.39, 0.29) is 0 Å². The van der Waals surface area contributed by atoms with Crippen LogP contribution in [0, 0.1) is 5.41 Å². The molecule has 0 N–H and O–H groups in total. The van der Waals surface area contributed by atoms with Crippen molar-refractivity contribution in [2.24, 2.45) is 5.41 Å². The summed E-state index contributed by atoms with van der Waals surface area (Å²) in [6.07, 6.45) is 1.88. The predicted molar refractivity (Wildman–Crippen MR) is 70.2 cm³/mol. The molecule has 2 aliphatic heterocycles. The van der Waals surface area contributed by atoms with Gasteiger partial charge in [-0.3, -0.25) is 4.90 Å². The van der Waals surface area contributed by atoms with Crippen molar-refractivity contribution in [3.8, 4) is 0 Å². The van der Waals surface area contributed by atoms with Crippen LogP contribution in [-0.4, -0.2) is 41.6 Å². The molecule has 2 fully saturated rings. The summed E-state index contributed by atoms with van der Waals surface area (Å²) in [5.74, 6) is 1.13. The molecule has 3 nitrogen and oxygen atoms in total. The van der Waals surface area contributed by atoms with Crippen LogP contribution in [0.15, 0.2) is 24.4 Å². The number of aromatic nitrogens is 1. The number of pyridine rings is 1. The quantitative estimate of drug-likeness (QED) is 0.737. The summed E-state index contributed by atoms with van der Waals surface area (Å²) in [5.41, 5.74) is 0.890. The van der Waals surface area contributed by atoms with E-state index in [4.69, 9.17) is 0 Å².